The van der Waals surface area contributed by atoms with Crippen molar-refractivity contribution < 1.29 is 23.5 Å². The Balaban J connectivity index is 1.25. The lowest BCUT2D eigenvalue weighted by Crippen LogP contribution is -2.47. The number of benzene rings is 2. The molecule has 200 valence electrons. The highest BCUT2D eigenvalue weighted by Gasteiger charge is 2.52. The molecule has 4 N–H and O–H groups in total. The number of halogens is 2. The number of amidine groups is 1. The largest absolute Gasteiger partial charge is 0.384 e. The van der Waals surface area contributed by atoms with Crippen LogP contribution in [-0.2, 0) is 25.5 Å². The van der Waals surface area contributed by atoms with E-state index in [4.69, 9.17) is 32.2 Å². The van der Waals surface area contributed by atoms with E-state index in [0.717, 1.165) is 16.7 Å². The summed E-state index contributed by atoms with van der Waals surface area (Å²) in [5.41, 5.74) is 8.62. The first-order chi connectivity index (χ1) is 18.2. The van der Waals surface area contributed by atoms with Crippen LogP contribution in [0.4, 0.5) is 4.39 Å². The number of likely N-dealkylation sites (tertiary alicyclic amines) is 1. The second-order valence-corrected chi connectivity index (χ2v) is 11.2. The molecule has 2 amide bonds. The van der Waals surface area contributed by atoms with E-state index in [1.165, 1.54) is 23.9 Å². The third kappa shape index (κ3) is 5.73. The number of nitrogens with two attached hydrogens (primary N) is 1. The molecule has 0 radical (unpaired) electrons. The molecule has 2 atom stereocenters. The summed E-state index contributed by atoms with van der Waals surface area (Å²) in [6.45, 7) is 1.42. The monoisotopic (exact) mass is 558 g/mol. The highest BCUT2D eigenvalue weighted by atomic mass is 35.5. The summed E-state index contributed by atoms with van der Waals surface area (Å²) >= 11 is 7.72. The minimum absolute atomic E-state index is 0.0464. The molecule has 0 aromatic heterocycles. The molecule has 2 aromatic rings. The lowest BCUT2D eigenvalue weighted by Gasteiger charge is -2.24. The molecule has 2 fully saturated rings. The van der Waals surface area contributed by atoms with Crippen molar-refractivity contribution in [2.75, 3.05) is 26.3 Å². The molecule has 2 unspecified atom stereocenters. The maximum Gasteiger partial charge on any atom is 0.243 e. The number of rotatable bonds is 7. The molecular weight excluding hydrogens is 531 g/mol. The molecule has 5 rings (SSSR count). The first-order valence-corrected chi connectivity index (χ1v) is 13.6. The molecular formula is C27H28ClFN4O4S. The van der Waals surface area contributed by atoms with Gasteiger partial charge in [-0.25, -0.2) is 4.39 Å². The summed E-state index contributed by atoms with van der Waals surface area (Å²) in [5, 5.41) is 12.8. The van der Waals surface area contributed by atoms with E-state index in [1.807, 2.05) is 29.7 Å². The fourth-order valence-electron chi connectivity index (χ4n) is 4.99. The molecule has 3 heterocycles. The van der Waals surface area contributed by atoms with Gasteiger partial charge in [0.2, 0.25) is 11.8 Å². The van der Waals surface area contributed by atoms with Crippen LogP contribution in [0, 0.1) is 11.2 Å². The van der Waals surface area contributed by atoms with Crippen molar-refractivity contribution in [2.45, 2.75) is 36.3 Å². The van der Waals surface area contributed by atoms with E-state index in [9.17, 15) is 14.0 Å². The molecule has 8 nitrogen and oxygen atoms in total. The van der Waals surface area contributed by atoms with E-state index in [0.29, 0.717) is 36.8 Å². The fraction of sp³-hybridized carbons (Fsp3) is 0.370. The van der Waals surface area contributed by atoms with Gasteiger partial charge in [-0.3, -0.25) is 15.0 Å². The normalized spacial score (nSPS) is 22.1. The van der Waals surface area contributed by atoms with E-state index in [-0.39, 0.29) is 42.3 Å². The Bertz CT molecular complexity index is 1280. The highest BCUT2D eigenvalue weighted by molar-refractivity contribution is 8.03. The highest BCUT2D eigenvalue weighted by Crippen LogP contribution is 2.36. The number of thioether (sulfide) groups is 1. The van der Waals surface area contributed by atoms with Gasteiger partial charge in [0.05, 0.1) is 31.2 Å². The Kier molecular flexibility index (Phi) is 7.76. The van der Waals surface area contributed by atoms with Gasteiger partial charge < -0.3 is 25.4 Å². The van der Waals surface area contributed by atoms with Crippen molar-refractivity contribution in [3.05, 3.63) is 69.8 Å². The first kappa shape index (κ1) is 26.7. The van der Waals surface area contributed by atoms with Crippen molar-refractivity contribution in [3.8, 4) is 11.1 Å². The topological polar surface area (TPSA) is 118 Å². The second-order valence-electron chi connectivity index (χ2n) is 9.61. The molecule has 3 aliphatic rings. The van der Waals surface area contributed by atoms with Gasteiger partial charge in [0, 0.05) is 29.4 Å². The Morgan fingerprint density at radius 2 is 1.95 bits per heavy atom. The van der Waals surface area contributed by atoms with Gasteiger partial charge in [0.15, 0.2) is 5.79 Å². The predicted octanol–water partition coefficient (Wildman–Crippen LogP) is 3.47. The molecule has 3 aliphatic heterocycles. The number of nitrogens with zero attached hydrogens (tertiary/aromatic N) is 1. The fourth-order valence-corrected chi connectivity index (χ4v) is 6.30. The average Bonchev–Trinajstić information content (AvgIpc) is 3.64. The van der Waals surface area contributed by atoms with Crippen molar-refractivity contribution in [1.29, 1.82) is 5.41 Å². The minimum atomic E-state index is -0.966. The van der Waals surface area contributed by atoms with E-state index in [1.54, 1.807) is 11.0 Å². The third-order valence-electron chi connectivity index (χ3n) is 6.98. The lowest BCUT2D eigenvalue weighted by molar-refractivity contribution is -0.152. The van der Waals surface area contributed by atoms with Gasteiger partial charge in [0.1, 0.15) is 17.7 Å². The number of carbonyl (C=O) groups excluding carboxylic acids is 2. The van der Waals surface area contributed by atoms with Gasteiger partial charge in [-0.15, -0.1) is 11.8 Å². The number of ether oxygens (including phenoxy) is 2. The van der Waals surface area contributed by atoms with Gasteiger partial charge >= 0.3 is 0 Å². The minimum Gasteiger partial charge on any atom is -0.384 e. The maximum absolute atomic E-state index is 13.4. The van der Waals surface area contributed by atoms with Crippen molar-refractivity contribution >= 4 is 41.0 Å². The Morgan fingerprint density at radius 3 is 2.61 bits per heavy atom. The summed E-state index contributed by atoms with van der Waals surface area (Å²) in [4.78, 5) is 28.2. The summed E-state index contributed by atoms with van der Waals surface area (Å²) in [6, 6.07) is 10.8. The van der Waals surface area contributed by atoms with E-state index >= 15 is 0 Å². The third-order valence-corrected chi connectivity index (χ3v) is 8.43. The van der Waals surface area contributed by atoms with Crippen LogP contribution in [0.2, 0.25) is 5.02 Å². The number of hydrogen-bond donors (Lipinski definition) is 3. The summed E-state index contributed by atoms with van der Waals surface area (Å²) in [7, 11) is 0. The molecule has 2 aromatic carbocycles. The SMILES string of the molecule is N=C(N)C1=CSC(CNC(=O)C2CC3(CN2C(=O)Cc2ccc(-c4ccc(F)cc4Cl)cc2)OCCO3)C1. The molecule has 38 heavy (non-hydrogen) atoms. The molecule has 11 heteroatoms. The van der Waals surface area contributed by atoms with Gasteiger partial charge in [-0.1, -0.05) is 35.9 Å². The maximum atomic E-state index is 13.4. The van der Waals surface area contributed by atoms with Crippen molar-refractivity contribution in [3.63, 3.8) is 0 Å². The standard InChI is InChI=1S/C27H28ClFN4O4S/c28-22-11-19(29)5-6-21(22)17-3-1-16(2-4-17)9-24(34)33-15-27(36-7-8-37-27)12-23(33)26(35)32-13-20-10-18(14-38-20)25(30)31/h1-6,11,14,20,23H,7-10,12-13,15H2,(H3,30,31)(H,32,35). The zero-order valence-corrected chi connectivity index (χ0v) is 22.1. The molecule has 1 spiro atoms. The van der Waals surface area contributed by atoms with Crippen molar-refractivity contribution in [1.82, 2.24) is 10.2 Å². The number of hydrogen-bond acceptors (Lipinski definition) is 6. The zero-order valence-electron chi connectivity index (χ0n) is 20.5. The zero-order chi connectivity index (χ0) is 26.9. The van der Waals surface area contributed by atoms with Crippen LogP contribution in [-0.4, -0.2) is 65.9 Å². The van der Waals surface area contributed by atoms with Crippen LogP contribution in [0.5, 0.6) is 0 Å². The summed E-state index contributed by atoms with van der Waals surface area (Å²) in [5.74, 6) is -1.79. The Morgan fingerprint density at radius 1 is 1.21 bits per heavy atom. The van der Waals surface area contributed by atoms with Crippen LogP contribution in [0.25, 0.3) is 11.1 Å². The number of nitrogens with one attached hydrogen (secondary N) is 2. The van der Waals surface area contributed by atoms with Crippen LogP contribution in [0.1, 0.15) is 18.4 Å². The lowest BCUT2D eigenvalue weighted by atomic mass is 10.0. The molecule has 0 bridgehead atoms. The number of carbonyl (C=O) groups is 2. The van der Waals surface area contributed by atoms with Crippen LogP contribution in [0.3, 0.4) is 0 Å². The number of amides is 2. The van der Waals surface area contributed by atoms with Gasteiger partial charge in [-0.05, 0) is 41.2 Å². The smallest absolute Gasteiger partial charge is 0.243 e. The van der Waals surface area contributed by atoms with E-state index < -0.39 is 17.6 Å². The van der Waals surface area contributed by atoms with E-state index in [2.05, 4.69) is 5.32 Å². The van der Waals surface area contributed by atoms with Crippen LogP contribution >= 0.6 is 23.4 Å². The Hall–Kier alpha value is -2.92. The average molecular weight is 559 g/mol. The Labute approximate surface area is 229 Å². The van der Waals surface area contributed by atoms with Gasteiger partial charge in [0.25, 0.3) is 0 Å². The second kappa shape index (κ2) is 11.1. The molecule has 0 aliphatic carbocycles. The summed E-state index contributed by atoms with van der Waals surface area (Å²) in [6.07, 6.45) is 0.978. The molecule has 2 saturated heterocycles. The van der Waals surface area contributed by atoms with Crippen molar-refractivity contribution in [2.24, 2.45) is 5.73 Å². The van der Waals surface area contributed by atoms with Crippen LogP contribution in [0.15, 0.2) is 53.4 Å². The quantitative estimate of drug-likeness (QED) is 0.354. The predicted molar refractivity (Wildman–Crippen MR) is 144 cm³/mol. The van der Waals surface area contributed by atoms with Crippen LogP contribution < -0.4 is 11.1 Å². The summed E-state index contributed by atoms with van der Waals surface area (Å²) < 4.78 is 25.1. The van der Waals surface area contributed by atoms with Gasteiger partial charge in [-0.2, -0.15) is 0 Å². The molecule has 0 saturated carbocycles. The first-order valence-electron chi connectivity index (χ1n) is 12.3.